The fourth-order valence-electron chi connectivity index (χ4n) is 2.55. The average Bonchev–Trinajstić information content (AvgIpc) is 3.09. The van der Waals surface area contributed by atoms with E-state index in [0.29, 0.717) is 13.0 Å². The molecule has 0 spiro atoms. The van der Waals surface area contributed by atoms with E-state index < -0.39 is 6.10 Å². The zero-order chi connectivity index (χ0) is 16.8. The van der Waals surface area contributed by atoms with Crippen molar-refractivity contribution in [1.82, 2.24) is 15.0 Å². The minimum Gasteiger partial charge on any atom is -0.388 e. The minimum absolute atomic E-state index is 0.451. The molecule has 0 fully saturated rings. The summed E-state index contributed by atoms with van der Waals surface area (Å²) < 4.78 is 5.39. The number of aromatic nitrogens is 2. The highest BCUT2D eigenvalue weighted by Gasteiger charge is 2.12. The summed E-state index contributed by atoms with van der Waals surface area (Å²) in [4.78, 5) is 6.37. The van der Waals surface area contributed by atoms with E-state index >= 15 is 0 Å². The first-order valence-electron chi connectivity index (χ1n) is 8.01. The van der Waals surface area contributed by atoms with Crippen LogP contribution in [0.3, 0.4) is 0 Å². The molecule has 0 saturated heterocycles. The molecule has 2 aromatic heterocycles. The maximum atomic E-state index is 10.2. The molecule has 0 radical (unpaired) electrons. The monoisotopic (exact) mass is 323 g/mol. The van der Waals surface area contributed by atoms with Crippen LogP contribution in [-0.4, -0.2) is 33.7 Å². The third-order valence-electron chi connectivity index (χ3n) is 3.88. The molecule has 0 bridgehead atoms. The molecule has 5 nitrogen and oxygen atoms in total. The standard InChI is InChI=1S/C19H21N3O2/c1-22(12-10-19(23)15-7-3-2-4-8-15)14-16-13-18(21-24-16)17-9-5-6-11-20-17/h2-9,11,13,19,23H,10,12,14H2,1H3. The summed E-state index contributed by atoms with van der Waals surface area (Å²) in [5, 5.41) is 14.3. The molecular weight excluding hydrogens is 302 g/mol. The molecule has 0 aliphatic carbocycles. The summed E-state index contributed by atoms with van der Waals surface area (Å²) in [6, 6.07) is 17.3. The number of benzene rings is 1. The van der Waals surface area contributed by atoms with Crippen molar-refractivity contribution < 1.29 is 9.63 Å². The first-order valence-corrected chi connectivity index (χ1v) is 8.01. The van der Waals surface area contributed by atoms with Crippen molar-refractivity contribution in [2.24, 2.45) is 0 Å². The highest BCUT2D eigenvalue weighted by molar-refractivity contribution is 5.52. The lowest BCUT2D eigenvalue weighted by Crippen LogP contribution is -2.20. The third kappa shape index (κ3) is 4.28. The van der Waals surface area contributed by atoms with Gasteiger partial charge in [0.1, 0.15) is 5.69 Å². The van der Waals surface area contributed by atoms with Crippen LogP contribution in [-0.2, 0) is 6.54 Å². The van der Waals surface area contributed by atoms with Gasteiger partial charge in [-0.25, -0.2) is 0 Å². The van der Waals surface area contributed by atoms with Crippen molar-refractivity contribution in [3.05, 3.63) is 72.1 Å². The van der Waals surface area contributed by atoms with Gasteiger partial charge in [0.15, 0.2) is 5.76 Å². The molecule has 1 N–H and O–H groups in total. The molecule has 1 aromatic carbocycles. The zero-order valence-corrected chi connectivity index (χ0v) is 13.7. The Balaban J connectivity index is 1.52. The second-order valence-corrected chi connectivity index (χ2v) is 5.85. The van der Waals surface area contributed by atoms with Gasteiger partial charge in [0.2, 0.25) is 0 Å². The quantitative estimate of drug-likeness (QED) is 0.723. The first kappa shape index (κ1) is 16.4. The molecule has 3 rings (SSSR count). The maximum absolute atomic E-state index is 10.2. The number of pyridine rings is 1. The molecule has 2 heterocycles. The van der Waals surface area contributed by atoms with E-state index in [1.165, 1.54) is 0 Å². The predicted octanol–water partition coefficient (Wildman–Crippen LogP) is 3.29. The molecule has 0 amide bonds. The number of rotatable bonds is 7. The normalized spacial score (nSPS) is 12.5. The summed E-state index contributed by atoms with van der Waals surface area (Å²) >= 11 is 0. The number of aliphatic hydroxyl groups excluding tert-OH is 1. The number of hydrogen-bond acceptors (Lipinski definition) is 5. The molecule has 5 heteroatoms. The molecular formula is C19H21N3O2. The first-order chi connectivity index (χ1) is 11.7. The highest BCUT2D eigenvalue weighted by Crippen LogP contribution is 2.19. The van der Waals surface area contributed by atoms with Gasteiger partial charge >= 0.3 is 0 Å². The van der Waals surface area contributed by atoms with Crippen LogP contribution in [0.4, 0.5) is 0 Å². The molecule has 0 saturated carbocycles. The lowest BCUT2D eigenvalue weighted by atomic mass is 10.1. The summed E-state index contributed by atoms with van der Waals surface area (Å²) in [7, 11) is 2.00. The predicted molar refractivity (Wildman–Crippen MR) is 92.1 cm³/mol. The van der Waals surface area contributed by atoms with Gasteiger partial charge < -0.3 is 9.63 Å². The Labute approximate surface area is 141 Å². The van der Waals surface area contributed by atoms with Gasteiger partial charge in [0.25, 0.3) is 0 Å². The van der Waals surface area contributed by atoms with Gasteiger partial charge in [0.05, 0.1) is 18.3 Å². The summed E-state index contributed by atoms with van der Waals surface area (Å²) in [6.45, 7) is 1.40. The van der Waals surface area contributed by atoms with Crippen LogP contribution < -0.4 is 0 Å². The third-order valence-corrected chi connectivity index (χ3v) is 3.88. The van der Waals surface area contributed by atoms with Crippen molar-refractivity contribution in [3.63, 3.8) is 0 Å². The van der Waals surface area contributed by atoms with Crippen LogP contribution in [0, 0.1) is 0 Å². The van der Waals surface area contributed by atoms with Gasteiger partial charge in [-0.05, 0) is 31.2 Å². The summed E-state index contributed by atoms with van der Waals surface area (Å²) in [5.74, 6) is 0.785. The summed E-state index contributed by atoms with van der Waals surface area (Å²) in [5.41, 5.74) is 2.49. The fraction of sp³-hybridized carbons (Fsp3) is 0.263. The maximum Gasteiger partial charge on any atom is 0.151 e. The van der Waals surface area contributed by atoms with Crippen LogP contribution in [0.1, 0.15) is 23.8 Å². The molecule has 124 valence electrons. The Morgan fingerprint density at radius 1 is 1.08 bits per heavy atom. The van der Waals surface area contributed by atoms with Gasteiger partial charge in [-0.15, -0.1) is 0 Å². The Morgan fingerprint density at radius 2 is 1.88 bits per heavy atom. The van der Waals surface area contributed by atoms with Crippen molar-refractivity contribution in [2.75, 3.05) is 13.6 Å². The molecule has 1 atom stereocenters. The molecule has 0 aliphatic heterocycles. The Hall–Kier alpha value is -2.50. The molecule has 0 aliphatic rings. The average molecular weight is 323 g/mol. The summed E-state index contributed by atoms with van der Waals surface area (Å²) in [6.07, 6.45) is 1.95. The SMILES string of the molecule is CN(CCC(O)c1ccccc1)Cc1cc(-c2ccccn2)no1. The van der Waals surface area contributed by atoms with Crippen LogP contribution in [0.25, 0.3) is 11.4 Å². The van der Waals surface area contributed by atoms with E-state index in [2.05, 4.69) is 15.0 Å². The fourth-order valence-corrected chi connectivity index (χ4v) is 2.55. The lowest BCUT2D eigenvalue weighted by molar-refractivity contribution is 0.144. The van der Waals surface area contributed by atoms with E-state index in [1.807, 2.05) is 61.6 Å². The van der Waals surface area contributed by atoms with Gasteiger partial charge in [-0.3, -0.25) is 9.88 Å². The number of hydrogen-bond donors (Lipinski definition) is 1. The lowest BCUT2D eigenvalue weighted by Gasteiger charge is -2.17. The van der Waals surface area contributed by atoms with Gasteiger partial charge in [-0.2, -0.15) is 0 Å². The number of aliphatic hydroxyl groups is 1. The highest BCUT2D eigenvalue weighted by atomic mass is 16.5. The van der Waals surface area contributed by atoms with E-state index in [9.17, 15) is 5.11 Å². The Morgan fingerprint density at radius 3 is 2.62 bits per heavy atom. The van der Waals surface area contributed by atoms with Crippen LogP contribution in [0.2, 0.25) is 0 Å². The van der Waals surface area contributed by atoms with Crippen molar-refractivity contribution in [1.29, 1.82) is 0 Å². The van der Waals surface area contributed by atoms with Crippen LogP contribution in [0.5, 0.6) is 0 Å². The van der Waals surface area contributed by atoms with E-state index in [0.717, 1.165) is 29.3 Å². The number of nitrogens with zero attached hydrogens (tertiary/aromatic N) is 3. The van der Waals surface area contributed by atoms with Gasteiger partial charge in [-0.1, -0.05) is 41.6 Å². The van der Waals surface area contributed by atoms with E-state index in [4.69, 9.17) is 4.52 Å². The smallest absolute Gasteiger partial charge is 0.151 e. The molecule has 1 unspecified atom stereocenters. The topological polar surface area (TPSA) is 62.4 Å². The van der Waals surface area contributed by atoms with Crippen molar-refractivity contribution in [3.8, 4) is 11.4 Å². The van der Waals surface area contributed by atoms with Crippen molar-refractivity contribution in [2.45, 2.75) is 19.1 Å². The van der Waals surface area contributed by atoms with Gasteiger partial charge in [0, 0.05) is 18.8 Å². The Kier molecular flexibility index (Phi) is 5.36. The largest absolute Gasteiger partial charge is 0.388 e. The zero-order valence-electron chi connectivity index (χ0n) is 13.7. The molecule has 24 heavy (non-hydrogen) atoms. The van der Waals surface area contributed by atoms with E-state index in [-0.39, 0.29) is 0 Å². The van der Waals surface area contributed by atoms with Crippen LogP contribution >= 0.6 is 0 Å². The second kappa shape index (κ2) is 7.86. The van der Waals surface area contributed by atoms with Crippen LogP contribution in [0.15, 0.2) is 65.3 Å². The Bertz CT molecular complexity index is 744. The van der Waals surface area contributed by atoms with Crippen molar-refractivity contribution >= 4 is 0 Å². The minimum atomic E-state index is -0.451. The van der Waals surface area contributed by atoms with E-state index in [1.54, 1.807) is 6.20 Å². The second-order valence-electron chi connectivity index (χ2n) is 5.85. The molecule has 3 aromatic rings.